The molecule has 0 spiro atoms. The molecule has 2 amide bonds. The lowest BCUT2D eigenvalue weighted by atomic mass is 10.0. The number of piperidine rings is 1. The van der Waals surface area contributed by atoms with Crippen LogP contribution in [0.15, 0.2) is 47.4 Å². The maximum atomic E-state index is 12.8. The number of nitrogens with zero attached hydrogens (tertiary/aromatic N) is 2. The van der Waals surface area contributed by atoms with E-state index in [1.54, 1.807) is 17.0 Å². The fraction of sp³-hybridized carbons (Fsp3) is 0.381. The number of hydrogen-bond acceptors (Lipinski definition) is 3. The third-order valence-corrected chi connectivity index (χ3v) is 5.09. The molecule has 2 aromatic rings. The van der Waals surface area contributed by atoms with Gasteiger partial charge in [-0.15, -0.1) is 0 Å². The lowest BCUT2D eigenvalue weighted by molar-refractivity contribution is -0.139. The normalized spacial score (nSPS) is 15.1. The Labute approximate surface area is 171 Å². The Bertz CT molecular complexity index is 975. The van der Waals surface area contributed by atoms with Gasteiger partial charge in [0.1, 0.15) is 12.1 Å². The minimum atomic E-state index is -4.77. The Balaban J connectivity index is 1.54. The molecule has 1 aliphatic rings. The first kappa shape index (κ1) is 21.6. The minimum absolute atomic E-state index is 0.0738. The number of rotatable bonds is 4. The molecule has 0 bridgehead atoms. The van der Waals surface area contributed by atoms with Gasteiger partial charge in [0.25, 0.3) is 11.5 Å². The molecule has 1 N–H and O–H groups in total. The van der Waals surface area contributed by atoms with E-state index < -0.39 is 29.8 Å². The van der Waals surface area contributed by atoms with Crippen LogP contribution >= 0.6 is 0 Å². The van der Waals surface area contributed by atoms with Gasteiger partial charge in [-0.1, -0.05) is 17.7 Å². The summed E-state index contributed by atoms with van der Waals surface area (Å²) in [5, 5.41) is 2.74. The number of halogens is 3. The van der Waals surface area contributed by atoms with Crippen LogP contribution in [-0.4, -0.2) is 40.4 Å². The Kier molecular flexibility index (Phi) is 6.28. The highest BCUT2D eigenvalue weighted by Crippen LogP contribution is 2.26. The number of nitrogens with one attached hydrogen (secondary N) is 1. The van der Waals surface area contributed by atoms with Crippen LogP contribution in [0.1, 0.15) is 34.3 Å². The van der Waals surface area contributed by atoms with Gasteiger partial charge in [0, 0.05) is 30.9 Å². The van der Waals surface area contributed by atoms with Gasteiger partial charge in [-0.3, -0.25) is 14.4 Å². The van der Waals surface area contributed by atoms with Gasteiger partial charge in [0.15, 0.2) is 0 Å². The number of amides is 2. The SMILES string of the molecule is Cc1ccc(C(=O)N2CCC(NC(=O)Cn3cccc(C(F)(F)F)c3=O)CC2)cc1. The van der Waals surface area contributed by atoms with Crippen molar-refractivity contribution in [3.8, 4) is 0 Å². The van der Waals surface area contributed by atoms with Crippen LogP contribution < -0.4 is 10.9 Å². The summed E-state index contributed by atoms with van der Waals surface area (Å²) in [5.74, 6) is -0.616. The fourth-order valence-electron chi connectivity index (χ4n) is 3.41. The second-order valence-corrected chi connectivity index (χ2v) is 7.35. The van der Waals surface area contributed by atoms with E-state index in [1.165, 1.54) is 0 Å². The summed E-state index contributed by atoms with van der Waals surface area (Å²) in [6.45, 7) is 2.36. The van der Waals surface area contributed by atoms with Gasteiger partial charge in [-0.05, 0) is 44.0 Å². The van der Waals surface area contributed by atoms with Crippen molar-refractivity contribution in [1.82, 2.24) is 14.8 Å². The lowest BCUT2D eigenvalue weighted by Gasteiger charge is -2.32. The average molecular weight is 421 g/mol. The van der Waals surface area contributed by atoms with Crippen molar-refractivity contribution < 1.29 is 22.8 Å². The predicted octanol–water partition coefficient (Wildman–Crippen LogP) is 2.60. The number of aromatic nitrogens is 1. The highest BCUT2D eigenvalue weighted by atomic mass is 19.4. The van der Waals surface area contributed by atoms with E-state index in [0.29, 0.717) is 37.6 Å². The molecule has 0 radical (unpaired) electrons. The third kappa shape index (κ3) is 5.08. The Morgan fingerprint density at radius 1 is 1.10 bits per heavy atom. The second-order valence-electron chi connectivity index (χ2n) is 7.35. The molecular weight excluding hydrogens is 399 g/mol. The van der Waals surface area contributed by atoms with Gasteiger partial charge >= 0.3 is 6.18 Å². The molecule has 0 atom stereocenters. The molecule has 0 unspecified atom stereocenters. The van der Waals surface area contributed by atoms with E-state index >= 15 is 0 Å². The number of carbonyl (C=O) groups excluding carboxylic acids is 2. The second kappa shape index (κ2) is 8.73. The van der Waals surface area contributed by atoms with E-state index in [9.17, 15) is 27.6 Å². The van der Waals surface area contributed by atoms with Crippen molar-refractivity contribution in [2.75, 3.05) is 13.1 Å². The fourth-order valence-corrected chi connectivity index (χ4v) is 3.41. The van der Waals surface area contributed by atoms with E-state index in [2.05, 4.69) is 5.32 Å². The summed E-state index contributed by atoms with van der Waals surface area (Å²) >= 11 is 0. The number of pyridine rings is 1. The maximum absolute atomic E-state index is 12.8. The van der Waals surface area contributed by atoms with Crippen LogP contribution in [0.2, 0.25) is 0 Å². The molecule has 160 valence electrons. The minimum Gasteiger partial charge on any atom is -0.352 e. The molecule has 1 fully saturated rings. The number of alkyl halides is 3. The first-order chi connectivity index (χ1) is 14.1. The highest BCUT2D eigenvalue weighted by Gasteiger charge is 2.34. The van der Waals surface area contributed by atoms with Gasteiger partial charge in [0.05, 0.1) is 0 Å². The molecule has 1 saturated heterocycles. The van der Waals surface area contributed by atoms with Gasteiger partial charge in [-0.25, -0.2) is 0 Å². The number of hydrogen-bond donors (Lipinski definition) is 1. The van der Waals surface area contributed by atoms with Crippen LogP contribution in [0.25, 0.3) is 0 Å². The molecule has 0 aliphatic carbocycles. The molecule has 6 nitrogen and oxygen atoms in total. The molecule has 3 rings (SSSR count). The van der Waals surface area contributed by atoms with Crippen molar-refractivity contribution in [2.24, 2.45) is 0 Å². The zero-order valence-electron chi connectivity index (χ0n) is 16.4. The zero-order valence-corrected chi connectivity index (χ0v) is 16.4. The molecule has 0 saturated carbocycles. The topological polar surface area (TPSA) is 71.4 Å². The van der Waals surface area contributed by atoms with Crippen molar-refractivity contribution >= 4 is 11.8 Å². The number of aryl methyl sites for hydroxylation is 1. The van der Waals surface area contributed by atoms with E-state index in [4.69, 9.17) is 0 Å². The van der Waals surface area contributed by atoms with Crippen LogP contribution in [0, 0.1) is 6.92 Å². The van der Waals surface area contributed by atoms with Crippen molar-refractivity contribution in [3.63, 3.8) is 0 Å². The first-order valence-electron chi connectivity index (χ1n) is 9.57. The number of benzene rings is 1. The highest BCUT2D eigenvalue weighted by molar-refractivity contribution is 5.94. The van der Waals surface area contributed by atoms with E-state index in [1.807, 2.05) is 19.1 Å². The van der Waals surface area contributed by atoms with Crippen LogP contribution in [-0.2, 0) is 17.5 Å². The zero-order chi connectivity index (χ0) is 21.9. The lowest BCUT2D eigenvalue weighted by Crippen LogP contribution is -2.47. The van der Waals surface area contributed by atoms with Crippen LogP contribution in [0.5, 0.6) is 0 Å². The molecule has 2 heterocycles. The summed E-state index contributed by atoms with van der Waals surface area (Å²) in [7, 11) is 0. The molecule has 9 heteroatoms. The summed E-state index contributed by atoms with van der Waals surface area (Å²) in [6.07, 6.45) is -2.56. The predicted molar refractivity (Wildman–Crippen MR) is 104 cm³/mol. The summed E-state index contributed by atoms with van der Waals surface area (Å²) in [5.41, 5.74) is -0.890. The van der Waals surface area contributed by atoms with E-state index in [0.717, 1.165) is 22.4 Å². The Morgan fingerprint density at radius 2 is 1.73 bits per heavy atom. The molecule has 30 heavy (non-hydrogen) atoms. The van der Waals surface area contributed by atoms with Crippen LogP contribution in [0.3, 0.4) is 0 Å². The Hall–Kier alpha value is -3.10. The average Bonchev–Trinajstić information content (AvgIpc) is 2.69. The monoisotopic (exact) mass is 421 g/mol. The standard InChI is InChI=1S/C21H22F3N3O3/c1-14-4-6-15(7-5-14)19(29)26-11-8-16(9-12-26)25-18(28)13-27-10-2-3-17(20(27)30)21(22,23)24/h2-7,10,16H,8-9,11-13H2,1H3,(H,25,28). The first-order valence-corrected chi connectivity index (χ1v) is 9.57. The van der Waals surface area contributed by atoms with Crippen LogP contribution in [0.4, 0.5) is 13.2 Å². The van der Waals surface area contributed by atoms with Gasteiger partial charge in [0.2, 0.25) is 5.91 Å². The van der Waals surface area contributed by atoms with E-state index in [-0.39, 0.29) is 11.9 Å². The third-order valence-electron chi connectivity index (χ3n) is 5.09. The summed E-state index contributed by atoms with van der Waals surface area (Å²) in [4.78, 5) is 38.4. The summed E-state index contributed by atoms with van der Waals surface area (Å²) in [6, 6.07) is 8.87. The van der Waals surface area contributed by atoms with Crippen molar-refractivity contribution in [3.05, 3.63) is 69.6 Å². The molecule has 1 aromatic heterocycles. The van der Waals surface area contributed by atoms with Gasteiger partial charge < -0.3 is 14.8 Å². The summed E-state index contributed by atoms with van der Waals surface area (Å²) < 4.78 is 39.3. The molecular formula is C21H22F3N3O3. The van der Waals surface area contributed by atoms with Crippen molar-refractivity contribution in [1.29, 1.82) is 0 Å². The molecule has 1 aliphatic heterocycles. The Morgan fingerprint density at radius 3 is 2.33 bits per heavy atom. The quantitative estimate of drug-likeness (QED) is 0.825. The molecule has 1 aromatic carbocycles. The smallest absolute Gasteiger partial charge is 0.352 e. The van der Waals surface area contributed by atoms with Gasteiger partial charge in [-0.2, -0.15) is 13.2 Å². The number of carbonyl (C=O) groups is 2. The number of likely N-dealkylation sites (tertiary alicyclic amines) is 1. The largest absolute Gasteiger partial charge is 0.421 e. The van der Waals surface area contributed by atoms with Crippen molar-refractivity contribution in [2.45, 2.75) is 38.5 Å². The maximum Gasteiger partial charge on any atom is 0.421 e.